The summed E-state index contributed by atoms with van der Waals surface area (Å²) in [6, 6.07) is 9.68. The molecule has 32 heavy (non-hydrogen) atoms. The Kier molecular flexibility index (Phi) is 5.84. The van der Waals surface area contributed by atoms with Crippen LogP contribution in [0.25, 0.3) is 27.1 Å². The highest BCUT2D eigenvalue weighted by atomic mass is 35.5. The number of anilines is 2. The highest BCUT2D eigenvalue weighted by Gasteiger charge is 2.20. The molecule has 0 spiro atoms. The average Bonchev–Trinajstić information content (AvgIpc) is 3.39. The number of nitrogens with zero attached hydrogens (tertiary/aromatic N) is 7. The summed E-state index contributed by atoms with van der Waals surface area (Å²) in [5.41, 5.74) is 11.8. The summed E-state index contributed by atoms with van der Waals surface area (Å²) in [4.78, 5) is 16.8. The van der Waals surface area contributed by atoms with Crippen LogP contribution in [0.1, 0.15) is 24.1 Å². The van der Waals surface area contributed by atoms with Crippen LogP contribution in [-0.2, 0) is 0 Å². The number of aromatic nitrogens is 6. The largest absolute Gasteiger partial charge is 0.382 e. The number of fused-ring (bicyclic) bond motifs is 2. The zero-order valence-corrected chi connectivity index (χ0v) is 19.2. The summed E-state index contributed by atoms with van der Waals surface area (Å²) in [6.07, 6.45) is 2.87. The third kappa shape index (κ3) is 3.69. The topological polar surface area (TPSA) is 131 Å². The molecule has 1 aromatic carbocycles. The van der Waals surface area contributed by atoms with E-state index in [2.05, 4.69) is 25.3 Å². The lowest BCUT2D eigenvalue weighted by molar-refractivity contribution is 0.840. The Morgan fingerprint density at radius 2 is 2.06 bits per heavy atom. The van der Waals surface area contributed by atoms with Gasteiger partial charge in [0.15, 0.2) is 10.8 Å². The van der Waals surface area contributed by atoms with Crippen LogP contribution in [0.3, 0.4) is 0 Å². The van der Waals surface area contributed by atoms with E-state index in [4.69, 9.17) is 22.4 Å². The standard InChI is InChI=1S/C20H14ClN9S.H2S/c1-10(28-20-13(6-22)19(23)25-8-26-20)12-5-17-24-7-16(21)30(17)29-18(12)11-2-3-15-14(4-11)27-9-31-15;/h2-5,7-10H,1H3,(H3,23,25,26,28);1H2/t10-;/m0./s1. The highest BCUT2D eigenvalue weighted by Crippen LogP contribution is 2.33. The first-order valence-corrected chi connectivity index (χ1v) is 10.5. The van der Waals surface area contributed by atoms with Crippen LogP contribution in [0.2, 0.25) is 5.15 Å². The van der Waals surface area contributed by atoms with Crippen LogP contribution >= 0.6 is 36.4 Å². The van der Waals surface area contributed by atoms with Crippen LogP contribution in [0, 0.1) is 11.3 Å². The molecule has 0 fully saturated rings. The van der Waals surface area contributed by atoms with E-state index in [0.29, 0.717) is 22.3 Å². The van der Waals surface area contributed by atoms with Gasteiger partial charge >= 0.3 is 0 Å². The number of imidazole rings is 1. The molecular weight excluding hydrogens is 466 g/mol. The molecule has 12 heteroatoms. The number of nitrogens with one attached hydrogen (secondary N) is 1. The zero-order chi connectivity index (χ0) is 21.5. The number of hydrogen-bond donors (Lipinski definition) is 2. The van der Waals surface area contributed by atoms with Gasteiger partial charge in [-0.15, -0.1) is 11.3 Å². The normalized spacial score (nSPS) is 11.8. The van der Waals surface area contributed by atoms with Gasteiger partial charge in [0.05, 0.1) is 33.7 Å². The Balaban J connectivity index is 0.00000245. The monoisotopic (exact) mass is 481 g/mol. The maximum Gasteiger partial charge on any atom is 0.155 e. The lowest BCUT2D eigenvalue weighted by Crippen LogP contribution is -2.13. The van der Waals surface area contributed by atoms with Crippen LogP contribution in [0.5, 0.6) is 0 Å². The molecule has 0 aliphatic carbocycles. The van der Waals surface area contributed by atoms with E-state index < -0.39 is 0 Å². The molecule has 0 amide bonds. The first-order valence-electron chi connectivity index (χ1n) is 9.20. The molecule has 0 aliphatic rings. The predicted molar refractivity (Wildman–Crippen MR) is 130 cm³/mol. The lowest BCUT2D eigenvalue weighted by atomic mass is 10.0. The maximum atomic E-state index is 9.44. The van der Waals surface area contributed by atoms with Crippen LogP contribution < -0.4 is 11.1 Å². The summed E-state index contributed by atoms with van der Waals surface area (Å²) in [7, 11) is 0. The third-order valence-electron chi connectivity index (χ3n) is 4.89. The third-order valence-corrected chi connectivity index (χ3v) is 5.96. The van der Waals surface area contributed by atoms with E-state index in [1.54, 1.807) is 22.0 Å². The Morgan fingerprint density at radius 3 is 2.88 bits per heavy atom. The maximum absolute atomic E-state index is 9.44. The van der Waals surface area contributed by atoms with Gasteiger partial charge in [-0.3, -0.25) is 0 Å². The molecule has 4 heterocycles. The van der Waals surface area contributed by atoms with Crippen molar-refractivity contribution in [2.45, 2.75) is 13.0 Å². The molecule has 5 rings (SSSR count). The fourth-order valence-electron chi connectivity index (χ4n) is 3.36. The molecular formula is C20H16ClN9S2. The van der Waals surface area contributed by atoms with E-state index in [1.807, 2.05) is 42.8 Å². The van der Waals surface area contributed by atoms with Gasteiger partial charge in [0, 0.05) is 11.1 Å². The molecule has 9 nitrogen and oxygen atoms in total. The van der Waals surface area contributed by atoms with Gasteiger partial charge in [-0.05, 0) is 25.1 Å². The molecule has 0 aliphatic heterocycles. The number of benzene rings is 1. The Morgan fingerprint density at radius 1 is 1.22 bits per heavy atom. The van der Waals surface area contributed by atoms with Crippen molar-refractivity contribution in [2.24, 2.45) is 0 Å². The van der Waals surface area contributed by atoms with Crippen molar-refractivity contribution >= 4 is 63.9 Å². The molecule has 160 valence electrons. The van der Waals surface area contributed by atoms with E-state index >= 15 is 0 Å². The number of halogens is 1. The minimum absolute atomic E-state index is 0. The summed E-state index contributed by atoms with van der Waals surface area (Å²) in [5, 5.41) is 17.9. The van der Waals surface area contributed by atoms with Crippen LogP contribution in [-0.4, -0.2) is 29.5 Å². The first-order chi connectivity index (χ1) is 15.0. The highest BCUT2D eigenvalue weighted by molar-refractivity contribution is 7.59. The van der Waals surface area contributed by atoms with Gasteiger partial charge in [-0.1, -0.05) is 17.7 Å². The Hall–Kier alpha value is -3.46. The van der Waals surface area contributed by atoms with Gasteiger partial charge in [0.2, 0.25) is 0 Å². The van der Waals surface area contributed by atoms with Gasteiger partial charge in [-0.2, -0.15) is 23.9 Å². The SMILES string of the molecule is C[C@H](Nc1ncnc(N)c1C#N)c1cc2ncc(Cl)n2nc1-c1ccc2scnc2c1.S. The van der Waals surface area contributed by atoms with E-state index in [-0.39, 0.29) is 30.9 Å². The summed E-state index contributed by atoms with van der Waals surface area (Å²) >= 11 is 7.85. The quantitative estimate of drug-likeness (QED) is 0.390. The number of thiazole rings is 1. The molecule has 5 aromatic rings. The van der Waals surface area contributed by atoms with Gasteiger partial charge in [0.1, 0.15) is 29.6 Å². The zero-order valence-electron chi connectivity index (χ0n) is 16.6. The summed E-state index contributed by atoms with van der Waals surface area (Å²) in [5.74, 6) is 0.472. The summed E-state index contributed by atoms with van der Waals surface area (Å²) < 4.78 is 2.68. The molecule has 4 aromatic heterocycles. The molecule has 1 atom stereocenters. The summed E-state index contributed by atoms with van der Waals surface area (Å²) in [6.45, 7) is 1.95. The Labute approximate surface area is 198 Å². The number of hydrogen-bond acceptors (Lipinski definition) is 9. The first kappa shape index (κ1) is 21.8. The van der Waals surface area contributed by atoms with Crippen molar-refractivity contribution in [1.82, 2.24) is 29.5 Å². The van der Waals surface area contributed by atoms with E-state index in [1.165, 1.54) is 6.33 Å². The van der Waals surface area contributed by atoms with Gasteiger partial charge in [-0.25, -0.2) is 24.5 Å². The smallest absolute Gasteiger partial charge is 0.155 e. The molecule has 0 unspecified atom stereocenters. The van der Waals surface area contributed by atoms with Crippen LogP contribution in [0.15, 0.2) is 42.3 Å². The van der Waals surface area contributed by atoms with Crippen molar-refractivity contribution in [2.75, 3.05) is 11.1 Å². The van der Waals surface area contributed by atoms with Crippen molar-refractivity contribution in [3.8, 4) is 17.3 Å². The predicted octanol–water partition coefficient (Wildman–Crippen LogP) is 4.19. The minimum atomic E-state index is -0.282. The lowest BCUT2D eigenvalue weighted by Gasteiger charge is -2.19. The van der Waals surface area contributed by atoms with Crippen molar-refractivity contribution in [3.05, 3.63) is 58.6 Å². The number of nitrogens with two attached hydrogens (primary N) is 1. The van der Waals surface area contributed by atoms with Gasteiger partial charge in [0.25, 0.3) is 0 Å². The van der Waals surface area contributed by atoms with E-state index in [9.17, 15) is 5.26 Å². The van der Waals surface area contributed by atoms with Crippen molar-refractivity contribution < 1.29 is 0 Å². The molecule has 0 radical (unpaired) electrons. The fourth-order valence-corrected chi connectivity index (χ4v) is 4.19. The number of nitrogen functional groups attached to an aromatic ring is 1. The van der Waals surface area contributed by atoms with Crippen LogP contribution in [0.4, 0.5) is 11.6 Å². The number of rotatable bonds is 4. The minimum Gasteiger partial charge on any atom is -0.382 e. The fraction of sp³-hybridized carbons (Fsp3) is 0.100. The molecule has 0 saturated heterocycles. The van der Waals surface area contributed by atoms with E-state index in [0.717, 1.165) is 21.3 Å². The van der Waals surface area contributed by atoms with Crippen molar-refractivity contribution in [1.29, 1.82) is 5.26 Å². The second-order valence-corrected chi connectivity index (χ2v) is 8.07. The van der Waals surface area contributed by atoms with Gasteiger partial charge < -0.3 is 11.1 Å². The number of nitriles is 1. The molecule has 0 saturated carbocycles. The Bertz CT molecular complexity index is 1490. The van der Waals surface area contributed by atoms with Crippen molar-refractivity contribution in [3.63, 3.8) is 0 Å². The molecule has 0 bridgehead atoms. The molecule has 3 N–H and O–H groups in total. The average molecular weight is 482 g/mol. The second kappa shape index (κ2) is 8.58. The second-order valence-electron chi connectivity index (χ2n) is 6.79.